The second-order valence-corrected chi connectivity index (χ2v) is 8.68. The van der Waals surface area contributed by atoms with Crippen LogP contribution in [0.25, 0.3) is 0 Å². The van der Waals surface area contributed by atoms with Crippen molar-refractivity contribution >= 4 is 22.2 Å². The number of H-pyrrole nitrogens is 1. The van der Waals surface area contributed by atoms with Crippen molar-refractivity contribution in [1.29, 1.82) is 0 Å². The van der Waals surface area contributed by atoms with Crippen molar-refractivity contribution in [2.24, 2.45) is 0 Å². The van der Waals surface area contributed by atoms with Crippen LogP contribution in [0.5, 0.6) is 0 Å². The Morgan fingerprint density at radius 3 is 2.54 bits per heavy atom. The quantitative estimate of drug-likeness (QED) is 0.829. The Hall–Kier alpha value is -1.50. The summed E-state index contributed by atoms with van der Waals surface area (Å²) in [5.41, 5.74) is 3.01. The van der Waals surface area contributed by atoms with Gasteiger partial charge in [0.15, 0.2) is 0 Å². The van der Waals surface area contributed by atoms with Gasteiger partial charge in [0, 0.05) is 12.7 Å². The number of benzene rings is 1. The number of aromatic amines is 1. The van der Waals surface area contributed by atoms with Crippen LogP contribution < -0.4 is 0 Å². The van der Waals surface area contributed by atoms with E-state index in [9.17, 15) is 8.42 Å². The van der Waals surface area contributed by atoms with E-state index in [-0.39, 0.29) is 6.04 Å². The van der Waals surface area contributed by atoms with E-state index in [2.05, 4.69) is 4.98 Å². The standard InChI is InChI=1S/C18H22N2O2S2/c1-13-6-8-16(9-7-13)24(21,22)20-10-4-3-5-17(20)15-11-14(2)18(23)19-12-15/h6-9,11-12,17H,3-5,10H2,1-2H3,(H,19,23)/t17-/m0/s1. The molecule has 4 nitrogen and oxygen atoms in total. The maximum Gasteiger partial charge on any atom is 0.243 e. The van der Waals surface area contributed by atoms with Crippen LogP contribution in [0.1, 0.15) is 42.0 Å². The Bertz CT molecular complexity index is 886. The van der Waals surface area contributed by atoms with Gasteiger partial charge in [0.25, 0.3) is 0 Å². The molecule has 1 aliphatic rings. The van der Waals surface area contributed by atoms with Gasteiger partial charge in [-0.1, -0.05) is 42.4 Å². The summed E-state index contributed by atoms with van der Waals surface area (Å²) in [7, 11) is -3.51. The highest BCUT2D eigenvalue weighted by atomic mass is 32.2. The second-order valence-electron chi connectivity index (χ2n) is 6.39. The van der Waals surface area contributed by atoms with Crippen LogP contribution >= 0.6 is 12.2 Å². The predicted octanol–water partition coefficient (Wildman–Crippen LogP) is 4.28. The van der Waals surface area contributed by atoms with E-state index in [0.717, 1.165) is 36.0 Å². The molecule has 1 fully saturated rings. The predicted molar refractivity (Wildman–Crippen MR) is 98.0 cm³/mol. The third-order valence-electron chi connectivity index (χ3n) is 4.58. The number of hydrogen-bond donors (Lipinski definition) is 1. The van der Waals surface area contributed by atoms with Crippen molar-refractivity contribution in [3.8, 4) is 0 Å². The number of aromatic nitrogens is 1. The van der Waals surface area contributed by atoms with Crippen molar-refractivity contribution in [1.82, 2.24) is 9.29 Å². The molecule has 2 aromatic rings. The maximum atomic E-state index is 13.1. The largest absolute Gasteiger partial charge is 0.352 e. The molecule has 24 heavy (non-hydrogen) atoms. The molecule has 2 heterocycles. The molecule has 0 amide bonds. The highest BCUT2D eigenvalue weighted by Gasteiger charge is 2.34. The molecule has 128 valence electrons. The van der Waals surface area contributed by atoms with Gasteiger partial charge >= 0.3 is 0 Å². The van der Waals surface area contributed by atoms with Crippen LogP contribution in [0.3, 0.4) is 0 Å². The number of hydrogen-bond acceptors (Lipinski definition) is 3. The Kier molecular flexibility index (Phi) is 4.90. The summed E-state index contributed by atoms with van der Waals surface area (Å²) in [4.78, 5) is 3.44. The summed E-state index contributed by atoms with van der Waals surface area (Å²) in [5.74, 6) is 0. The number of sulfonamides is 1. The molecule has 1 saturated heterocycles. The Morgan fingerprint density at radius 1 is 1.17 bits per heavy atom. The maximum absolute atomic E-state index is 13.1. The molecule has 6 heteroatoms. The minimum absolute atomic E-state index is 0.143. The first-order valence-electron chi connectivity index (χ1n) is 8.17. The normalized spacial score (nSPS) is 19.3. The molecular weight excluding hydrogens is 340 g/mol. The molecule has 1 N–H and O–H groups in total. The van der Waals surface area contributed by atoms with Crippen molar-refractivity contribution in [3.05, 3.63) is 57.9 Å². The molecule has 1 aliphatic heterocycles. The zero-order valence-corrected chi connectivity index (χ0v) is 15.6. The first-order chi connectivity index (χ1) is 11.4. The molecule has 0 bridgehead atoms. The Morgan fingerprint density at radius 2 is 1.88 bits per heavy atom. The van der Waals surface area contributed by atoms with Crippen LogP contribution in [0.15, 0.2) is 41.4 Å². The van der Waals surface area contributed by atoms with E-state index in [0.29, 0.717) is 16.1 Å². The fourth-order valence-corrected chi connectivity index (χ4v) is 4.98. The molecule has 0 saturated carbocycles. The second kappa shape index (κ2) is 6.78. The molecule has 1 atom stereocenters. The molecule has 1 aromatic heterocycles. The van der Waals surface area contributed by atoms with Crippen LogP contribution in [-0.4, -0.2) is 24.3 Å². The van der Waals surface area contributed by atoms with Crippen LogP contribution in [-0.2, 0) is 10.0 Å². The lowest BCUT2D eigenvalue weighted by atomic mass is 9.98. The molecule has 0 spiro atoms. The third kappa shape index (κ3) is 3.31. The SMILES string of the molecule is Cc1ccc(S(=O)(=O)N2CCCC[C@H]2c2c[nH]c(=S)c(C)c2)cc1. The first kappa shape index (κ1) is 17.3. The summed E-state index contributed by atoms with van der Waals surface area (Å²) >= 11 is 5.22. The third-order valence-corrected chi connectivity index (χ3v) is 6.94. The minimum atomic E-state index is -3.51. The minimum Gasteiger partial charge on any atom is -0.352 e. The molecule has 3 rings (SSSR count). The fraction of sp³-hybridized carbons (Fsp3) is 0.389. The van der Waals surface area contributed by atoms with Gasteiger partial charge < -0.3 is 4.98 Å². The highest BCUT2D eigenvalue weighted by Crippen LogP contribution is 2.35. The molecule has 0 aliphatic carbocycles. The lowest BCUT2D eigenvalue weighted by Crippen LogP contribution is -2.38. The van der Waals surface area contributed by atoms with E-state index in [4.69, 9.17) is 12.2 Å². The van der Waals surface area contributed by atoms with Crippen LogP contribution in [0.2, 0.25) is 0 Å². The number of aryl methyl sites for hydroxylation is 2. The zero-order valence-electron chi connectivity index (χ0n) is 14.0. The number of nitrogens with zero attached hydrogens (tertiary/aromatic N) is 1. The van der Waals surface area contributed by atoms with E-state index in [1.54, 1.807) is 16.4 Å². The van der Waals surface area contributed by atoms with E-state index < -0.39 is 10.0 Å². The molecule has 1 aromatic carbocycles. The van der Waals surface area contributed by atoms with Gasteiger partial charge in [-0.3, -0.25) is 0 Å². The summed E-state index contributed by atoms with van der Waals surface area (Å²) < 4.78 is 28.6. The smallest absolute Gasteiger partial charge is 0.243 e. The number of pyridine rings is 1. The van der Waals surface area contributed by atoms with Gasteiger partial charge in [0.05, 0.1) is 10.9 Å². The van der Waals surface area contributed by atoms with Gasteiger partial charge in [-0.25, -0.2) is 8.42 Å². The van der Waals surface area contributed by atoms with Crippen molar-refractivity contribution in [2.75, 3.05) is 6.54 Å². The van der Waals surface area contributed by atoms with Gasteiger partial charge in [-0.2, -0.15) is 4.31 Å². The van der Waals surface area contributed by atoms with Gasteiger partial charge in [-0.15, -0.1) is 0 Å². The molecular formula is C18H22N2O2S2. The monoisotopic (exact) mass is 362 g/mol. The average molecular weight is 363 g/mol. The fourth-order valence-electron chi connectivity index (χ4n) is 3.18. The number of piperidine rings is 1. The van der Waals surface area contributed by atoms with Gasteiger partial charge in [0.1, 0.15) is 4.64 Å². The lowest BCUT2D eigenvalue weighted by molar-refractivity contribution is 0.255. The molecule has 0 radical (unpaired) electrons. The Balaban J connectivity index is 2.01. The number of nitrogens with one attached hydrogen (secondary N) is 1. The van der Waals surface area contributed by atoms with Crippen LogP contribution in [0.4, 0.5) is 0 Å². The average Bonchev–Trinajstić information content (AvgIpc) is 2.58. The summed E-state index contributed by atoms with van der Waals surface area (Å²) in [5, 5.41) is 0. The first-order valence-corrected chi connectivity index (χ1v) is 10.0. The summed E-state index contributed by atoms with van der Waals surface area (Å²) in [6, 6.07) is 8.94. The van der Waals surface area contributed by atoms with E-state index >= 15 is 0 Å². The van der Waals surface area contributed by atoms with Crippen molar-refractivity contribution in [2.45, 2.75) is 44.0 Å². The van der Waals surface area contributed by atoms with Gasteiger partial charge in [-0.05, 0) is 49.9 Å². The van der Waals surface area contributed by atoms with E-state index in [1.165, 1.54) is 0 Å². The summed E-state index contributed by atoms with van der Waals surface area (Å²) in [6.45, 7) is 4.45. The summed E-state index contributed by atoms with van der Waals surface area (Å²) in [6.07, 6.45) is 4.60. The van der Waals surface area contributed by atoms with Crippen LogP contribution in [0, 0.1) is 18.5 Å². The van der Waals surface area contributed by atoms with E-state index in [1.807, 2.05) is 38.2 Å². The molecule has 0 unspecified atom stereocenters. The topological polar surface area (TPSA) is 53.2 Å². The zero-order chi connectivity index (χ0) is 17.3. The highest BCUT2D eigenvalue weighted by molar-refractivity contribution is 7.89. The van der Waals surface area contributed by atoms with Crippen molar-refractivity contribution < 1.29 is 8.42 Å². The number of rotatable bonds is 3. The van der Waals surface area contributed by atoms with Crippen molar-refractivity contribution in [3.63, 3.8) is 0 Å². The lowest BCUT2D eigenvalue weighted by Gasteiger charge is -2.35. The Labute approximate surface area is 148 Å². The van der Waals surface area contributed by atoms with Gasteiger partial charge in [0.2, 0.25) is 10.0 Å².